The van der Waals surface area contributed by atoms with Crippen LogP contribution < -0.4 is 4.90 Å². The van der Waals surface area contributed by atoms with Gasteiger partial charge >= 0.3 is 0 Å². The number of aromatic nitrogens is 3. The molecule has 0 saturated carbocycles. The van der Waals surface area contributed by atoms with Crippen LogP contribution in [0.5, 0.6) is 0 Å². The van der Waals surface area contributed by atoms with Gasteiger partial charge in [0.2, 0.25) is 0 Å². The number of hydrogen-bond donors (Lipinski definition) is 0. The van der Waals surface area contributed by atoms with E-state index in [-0.39, 0.29) is 24.4 Å². The van der Waals surface area contributed by atoms with Gasteiger partial charge in [0, 0.05) is 18.8 Å². The third kappa shape index (κ3) is 5.15. The van der Waals surface area contributed by atoms with Crippen LogP contribution in [0.15, 0.2) is 24.4 Å². The largest absolute Gasteiger partial charge is 0.309 e. The molecule has 6 nitrogen and oxygen atoms in total. The van der Waals surface area contributed by atoms with Crippen molar-refractivity contribution >= 4 is 45.0 Å². The average molecular weight is 436 g/mol. The molecule has 8 heteroatoms. The maximum atomic E-state index is 13.5. The van der Waals surface area contributed by atoms with E-state index < -0.39 is 0 Å². The Labute approximate surface area is 182 Å². The van der Waals surface area contributed by atoms with Crippen LogP contribution in [0, 0.1) is 13.8 Å². The molecule has 3 aromatic rings. The van der Waals surface area contributed by atoms with E-state index >= 15 is 0 Å². The molecule has 0 saturated heterocycles. The Morgan fingerprint density at radius 2 is 1.93 bits per heavy atom. The fraction of sp³-hybridized carbons (Fsp3) is 0.476. The number of hydrogen-bond acceptors (Lipinski definition) is 5. The maximum absolute atomic E-state index is 13.5. The van der Waals surface area contributed by atoms with E-state index in [9.17, 15) is 4.79 Å². The van der Waals surface area contributed by atoms with Crippen molar-refractivity contribution < 1.29 is 4.79 Å². The number of aryl methyl sites for hydroxylation is 2. The highest BCUT2D eigenvalue weighted by atomic mass is 35.5. The lowest BCUT2D eigenvalue weighted by Crippen LogP contribution is -2.35. The van der Waals surface area contributed by atoms with Crippen molar-refractivity contribution in [1.29, 1.82) is 0 Å². The first-order valence-electron chi connectivity index (χ1n) is 9.66. The van der Waals surface area contributed by atoms with Crippen LogP contribution in [-0.4, -0.2) is 52.8 Å². The Balaban J connectivity index is 0.00000300. The van der Waals surface area contributed by atoms with Crippen LogP contribution in [0.2, 0.25) is 0 Å². The fourth-order valence-electron chi connectivity index (χ4n) is 3.34. The average Bonchev–Trinajstić information content (AvgIpc) is 3.24. The number of thiazole rings is 1. The first-order valence-corrected chi connectivity index (χ1v) is 10.5. The summed E-state index contributed by atoms with van der Waals surface area (Å²) in [6, 6.07) is 6.17. The van der Waals surface area contributed by atoms with Gasteiger partial charge in [-0.2, -0.15) is 5.10 Å². The molecule has 0 bridgehead atoms. The molecule has 3 rings (SSSR count). The Bertz CT molecular complexity index is 979. The Hall–Kier alpha value is -1.96. The van der Waals surface area contributed by atoms with Crippen LogP contribution in [0.3, 0.4) is 0 Å². The predicted octanol–water partition coefficient (Wildman–Crippen LogP) is 4.71. The van der Waals surface area contributed by atoms with E-state index in [4.69, 9.17) is 4.98 Å². The molecule has 0 spiro atoms. The molecule has 0 aliphatic heterocycles. The molecule has 158 valence electrons. The lowest BCUT2D eigenvalue weighted by atomic mass is 10.1. The number of carbonyl (C=O) groups is 1. The van der Waals surface area contributed by atoms with Crippen molar-refractivity contribution in [2.75, 3.05) is 32.1 Å². The molecule has 1 amide bonds. The minimum Gasteiger partial charge on any atom is -0.309 e. The second kappa shape index (κ2) is 9.69. The SMILES string of the molecule is Cc1cc(C)c2sc(N(CCCN(C)C)C(=O)c3ccnn3C(C)C)nc2c1.Cl. The normalized spacial score (nSPS) is 11.3. The molecule has 0 atom stereocenters. The summed E-state index contributed by atoms with van der Waals surface area (Å²) >= 11 is 1.59. The van der Waals surface area contributed by atoms with Gasteiger partial charge in [-0.15, -0.1) is 12.4 Å². The van der Waals surface area contributed by atoms with E-state index in [1.807, 2.05) is 32.8 Å². The second-order valence-electron chi connectivity index (χ2n) is 7.79. The van der Waals surface area contributed by atoms with Gasteiger partial charge in [-0.3, -0.25) is 14.4 Å². The van der Waals surface area contributed by atoms with E-state index in [2.05, 4.69) is 36.0 Å². The minimum absolute atomic E-state index is 0. The van der Waals surface area contributed by atoms with Crippen molar-refractivity contribution in [3.8, 4) is 0 Å². The Morgan fingerprint density at radius 3 is 2.59 bits per heavy atom. The topological polar surface area (TPSA) is 54.3 Å². The van der Waals surface area contributed by atoms with Gasteiger partial charge in [0.25, 0.3) is 5.91 Å². The number of anilines is 1. The maximum Gasteiger partial charge on any atom is 0.278 e. The van der Waals surface area contributed by atoms with Crippen molar-refractivity contribution in [1.82, 2.24) is 19.7 Å². The summed E-state index contributed by atoms with van der Waals surface area (Å²) in [6.07, 6.45) is 2.57. The van der Waals surface area contributed by atoms with Crippen molar-refractivity contribution in [2.45, 2.75) is 40.2 Å². The number of benzene rings is 1. The van der Waals surface area contributed by atoms with E-state index in [1.54, 1.807) is 28.3 Å². The third-order valence-corrected chi connectivity index (χ3v) is 5.88. The summed E-state index contributed by atoms with van der Waals surface area (Å²) in [7, 11) is 4.09. The number of rotatable bonds is 7. The van der Waals surface area contributed by atoms with Gasteiger partial charge in [0.05, 0.1) is 10.2 Å². The first-order chi connectivity index (χ1) is 13.3. The van der Waals surface area contributed by atoms with Crippen molar-refractivity contribution in [3.63, 3.8) is 0 Å². The van der Waals surface area contributed by atoms with Gasteiger partial charge in [0.15, 0.2) is 5.13 Å². The number of carbonyl (C=O) groups excluding carboxylic acids is 1. The number of halogens is 1. The second-order valence-corrected chi connectivity index (χ2v) is 8.77. The van der Waals surface area contributed by atoms with Gasteiger partial charge < -0.3 is 4.90 Å². The minimum atomic E-state index is -0.0432. The molecule has 0 fully saturated rings. The quantitative estimate of drug-likeness (QED) is 0.539. The summed E-state index contributed by atoms with van der Waals surface area (Å²) in [4.78, 5) is 22.2. The first kappa shape index (κ1) is 23.3. The zero-order valence-electron chi connectivity index (χ0n) is 18.0. The highest BCUT2D eigenvalue weighted by molar-refractivity contribution is 7.22. The van der Waals surface area contributed by atoms with E-state index in [1.165, 1.54) is 11.1 Å². The molecule has 0 N–H and O–H groups in total. The zero-order chi connectivity index (χ0) is 20.4. The molecular weight excluding hydrogens is 406 g/mol. The van der Waals surface area contributed by atoms with Crippen LogP contribution in [0.25, 0.3) is 10.2 Å². The van der Waals surface area contributed by atoms with Gasteiger partial charge in [-0.05, 0) is 78.0 Å². The molecule has 29 heavy (non-hydrogen) atoms. The Morgan fingerprint density at radius 1 is 1.21 bits per heavy atom. The fourth-order valence-corrected chi connectivity index (χ4v) is 4.38. The van der Waals surface area contributed by atoms with Gasteiger partial charge in [-0.1, -0.05) is 17.4 Å². The standard InChI is InChI=1S/C21H29N5OS.ClH/c1-14(2)26-18(8-9-22-26)20(27)25(11-7-10-24(5)6)21-23-17-13-15(3)12-16(4)19(17)28-21;/h8-9,12-14H,7,10-11H2,1-6H3;1H. The van der Waals surface area contributed by atoms with Crippen molar-refractivity contribution in [2.24, 2.45) is 0 Å². The molecule has 2 aromatic heterocycles. The summed E-state index contributed by atoms with van der Waals surface area (Å²) in [6.45, 7) is 9.78. The molecule has 0 aliphatic carbocycles. The Kier molecular flexibility index (Phi) is 7.80. The van der Waals surface area contributed by atoms with Crippen LogP contribution >= 0.6 is 23.7 Å². The van der Waals surface area contributed by atoms with Gasteiger partial charge in [-0.25, -0.2) is 4.98 Å². The molecule has 0 aliphatic rings. The monoisotopic (exact) mass is 435 g/mol. The number of nitrogens with zero attached hydrogens (tertiary/aromatic N) is 5. The third-order valence-electron chi connectivity index (χ3n) is 4.65. The predicted molar refractivity (Wildman–Crippen MR) is 124 cm³/mol. The summed E-state index contributed by atoms with van der Waals surface area (Å²) in [5.74, 6) is -0.0432. The van der Waals surface area contributed by atoms with E-state index in [0.717, 1.165) is 28.3 Å². The summed E-state index contributed by atoms with van der Waals surface area (Å²) < 4.78 is 2.92. The smallest absolute Gasteiger partial charge is 0.278 e. The van der Waals surface area contributed by atoms with Crippen LogP contribution in [-0.2, 0) is 0 Å². The van der Waals surface area contributed by atoms with Crippen LogP contribution in [0.4, 0.5) is 5.13 Å². The molecular formula is C21H30ClN5OS. The molecule has 1 aromatic carbocycles. The highest BCUT2D eigenvalue weighted by Crippen LogP contribution is 2.33. The summed E-state index contributed by atoms with van der Waals surface area (Å²) in [5.41, 5.74) is 3.95. The van der Waals surface area contributed by atoms with Crippen molar-refractivity contribution in [3.05, 3.63) is 41.2 Å². The van der Waals surface area contributed by atoms with Crippen LogP contribution in [0.1, 0.15) is 47.9 Å². The summed E-state index contributed by atoms with van der Waals surface area (Å²) in [5, 5.41) is 5.09. The molecule has 2 heterocycles. The highest BCUT2D eigenvalue weighted by Gasteiger charge is 2.25. The van der Waals surface area contributed by atoms with Gasteiger partial charge in [0.1, 0.15) is 5.69 Å². The number of amides is 1. The molecule has 0 radical (unpaired) electrons. The lowest BCUT2D eigenvalue weighted by molar-refractivity contribution is 0.0974. The lowest BCUT2D eigenvalue weighted by Gasteiger charge is -2.22. The zero-order valence-corrected chi connectivity index (χ0v) is 19.6. The van der Waals surface area contributed by atoms with E-state index in [0.29, 0.717) is 12.2 Å². The number of fused-ring (bicyclic) bond motifs is 1. The molecule has 0 unspecified atom stereocenters.